The fourth-order valence-corrected chi connectivity index (χ4v) is 4.72. The minimum absolute atomic E-state index is 0.253. The summed E-state index contributed by atoms with van der Waals surface area (Å²) in [6.07, 6.45) is -1.20. The molecule has 4 aromatic carbocycles. The Bertz CT molecular complexity index is 1630. The number of nitriles is 1. The molecule has 39 heavy (non-hydrogen) atoms. The molecule has 5 rings (SSSR count). The average molecular weight is 527 g/mol. The van der Waals surface area contributed by atoms with E-state index in [1.807, 2.05) is 48.0 Å². The highest BCUT2D eigenvalue weighted by atomic mass is 19.4. The van der Waals surface area contributed by atoms with E-state index in [4.69, 9.17) is 0 Å². The quantitative estimate of drug-likeness (QED) is 0.214. The molecule has 8 heteroatoms. The van der Waals surface area contributed by atoms with Crippen LogP contribution in [0.1, 0.15) is 22.4 Å². The van der Waals surface area contributed by atoms with Crippen molar-refractivity contribution in [2.45, 2.75) is 26.0 Å². The smallest absolute Gasteiger partial charge is 0.406 e. The van der Waals surface area contributed by atoms with E-state index >= 15 is 0 Å². The molecule has 5 nitrogen and oxygen atoms in total. The van der Waals surface area contributed by atoms with E-state index in [9.17, 15) is 18.4 Å². The lowest BCUT2D eigenvalue weighted by molar-refractivity contribution is -0.274. The maximum absolute atomic E-state index is 12.6. The minimum atomic E-state index is -4.73. The number of hydrogen-bond acceptors (Lipinski definition) is 4. The first-order valence-electron chi connectivity index (χ1n) is 12.3. The van der Waals surface area contributed by atoms with E-state index in [-0.39, 0.29) is 5.75 Å². The van der Waals surface area contributed by atoms with E-state index in [2.05, 4.69) is 45.0 Å². The predicted octanol–water partition coefficient (Wildman–Crippen LogP) is 7.21. The third-order valence-corrected chi connectivity index (χ3v) is 6.56. The second-order valence-corrected chi connectivity index (χ2v) is 9.35. The highest BCUT2D eigenvalue weighted by Crippen LogP contribution is 2.32. The van der Waals surface area contributed by atoms with Crippen LogP contribution in [0.5, 0.6) is 5.75 Å². The molecule has 1 aromatic heterocycles. The summed E-state index contributed by atoms with van der Waals surface area (Å²) >= 11 is 0. The fraction of sp³-hybridized carbons (Fsp3) is 0.161. The molecule has 0 aliphatic carbocycles. The summed E-state index contributed by atoms with van der Waals surface area (Å²) in [5.74, 6) is -0.253. The monoisotopic (exact) mass is 526 g/mol. The number of aromatic nitrogens is 2. The summed E-state index contributed by atoms with van der Waals surface area (Å²) in [5.41, 5.74) is 5.29. The molecule has 0 saturated carbocycles. The molecule has 5 aromatic rings. The standard InChI is InChI=1S/C31H25F3N4O/c1-37-21-36-17-26(37)20-38(18-22-10-13-27(14-11-22)39-31(32,33)34)19-23-9-12-25(16-35)30(15-23)29-8-4-6-24-5-2-3-7-28(24)29/h2-15,17,21H,18-20H2,1H3. The van der Waals surface area contributed by atoms with Gasteiger partial charge in [0, 0.05) is 38.4 Å². The molecule has 0 atom stereocenters. The Kier molecular flexibility index (Phi) is 7.35. The number of nitrogens with zero attached hydrogens (tertiary/aromatic N) is 4. The zero-order valence-corrected chi connectivity index (χ0v) is 21.2. The lowest BCUT2D eigenvalue weighted by atomic mass is 9.93. The molecule has 0 radical (unpaired) electrons. The Balaban J connectivity index is 1.46. The molecule has 196 valence electrons. The third-order valence-electron chi connectivity index (χ3n) is 6.56. The van der Waals surface area contributed by atoms with Crippen molar-refractivity contribution in [3.8, 4) is 22.9 Å². The summed E-state index contributed by atoms with van der Waals surface area (Å²) in [6, 6.07) is 28.3. The van der Waals surface area contributed by atoms with Gasteiger partial charge in [0.15, 0.2) is 0 Å². The van der Waals surface area contributed by atoms with Gasteiger partial charge in [-0.15, -0.1) is 13.2 Å². The molecule has 0 aliphatic heterocycles. The lowest BCUT2D eigenvalue weighted by Crippen LogP contribution is -2.23. The Morgan fingerprint density at radius 2 is 1.59 bits per heavy atom. The average Bonchev–Trinajstić information content (AvgIpc) is 3.32. The van der Waals surface area contributed by atoms with E-state index in [0.29, 0.717) is 25.2 Å². The molecule has 0 spiro atoms. The van der Waals surface area contributed by atoms with Gasteiger partial charge in [0.1, 0.15) is 5.75 Å². The van der Waals surface area contributed by atoms with Crippen LogP contribution < -0.4 is 4.74 Å². The van der Waals surface area contributed by atoms with Gasteiger partial charge in [-0.1, -0.05) is 60.7 Å². The van der Waals surface area contributed by atoms with Crippen LogP contribution in [0.15, 0.2) is 97.5 Å². The van der Waals surface area contributed by atoms with Crippen LogP contribution in [0, 0.1) is 11.3 Å². The van der Waals surface area contributed by atoms with Crippen LogP contribution in [0.4, 0.5) is 13.2 Å². The van der Waals surface area contributed by atoms with Crippen LogP contribution in [-0.2, 0) is 26.7 Å². The molecule has 0 amide bonds. The normalized spacial score (nSPS) is 11.6. The summed E-state index contributed by atoms with van der Waals surface area (Å²) in [7, 11) is 1.92. The third kappa shape index (κ3) is 6.28. The molecular formula is C31H25F3N4O. The van der Waals surface area contributed by atoms with E-state index in [1.165, 1.54) is 12.1 Å². The number of alkyl halides is 3. The van der Waals surface area contributed by atoms with Crippen molar-refractivity contribution in [2.24, 2.45) is 7.05 Å². The second kappa shape index (κ2) is 11.0. The minimum Gasteiger partial charge on any atom is -0.406 e. The topological polar surface area (TPSA) is 54.1 Å². The summed E-state index contributed by atoms with van der Waals surface area (Å²) < 4.78 is 43.7. The molecule has 0 unspecified atom stereocenters. The van der Waals surface area contributed by atoms with Crippen LogP contribution in [-0.4, -0.2) is 20.8 Å². The van der Waals surface area contributed by atoms with Crippen molar-refractivity contribution in [2.75, 3.05) is 0 Å². The Morgan fingerprint density at radius 3 is 2.31 bits per heavy atom. The van der Waals surface area contributed by atoms with Crippen LogP contribution >= 0.6 is 0 Å². The van der Waals surface area contributed by atoms with Crippen LogP contribution in [0.25, 0.3) is 21.9 Å². The van der Waals surface area contributed by atoms with Crippen molar-refractivity contribution in [3.63, 3.8) is 0 Å². The molecule has 0 bridgehead atoms. The summed E-state index contributed by atoms with van der Waals surface area (Å²) in [6.45, 7) is 1.61. The number of rotatable bonds is 8. The van der Waals surface area contributed by atoms with Crippen molar-refractivity contribution < 1.29 is 17.9 Å². The van der Waals surface area contributed by atoms with Crippen molar-refractivity contribution >= 4 is 10.8 Å². The summed E-state index contributed by atoms with van der Waals surface area (Å²) in [4.78, 5) is 6.40. The molecule has 0 N–H and O–H groups in total. The number of imidazole rings is 1. The number of ether oxygens (including phenoxy) is 1. The van der Waals surface area contributed by atoms with Gasteiger partial charge in [-0.25, -0.2) is 4.98 Å². The predicted molar refractivity (Wildman–Crippen MR) is 143 cm³/mol. The van der Waals surface area contributed by atoms with Gasteiger partial charge in [0.25, 0.3) is 0 Å². The first-order chi connectivity index (χ1) is 18.8. The van der Waals surface area contributed by atoms with Gasteiger partial charge >= 0.3 is 6.36 Å². The molecular weight excluding hydrogens is 501 g/mol. The zero-order chi connectivity index (χ0) is 27.4. The van der Waals surface area contributed by atoms with Gasteiger partial charge in [-0.2, -0.15) is 5.26 Å². The molecule has 0 aliphatic rings. The highest BCUT2D eigenvalue weighted by molar-refractivity contribution is 5.97. The SMILES string of the molecule is Cn1cncc1CN(Cc1ccc(OC(F)(F)F)cc1)Cc1ccc(C#N)c(-c2cccc3ccccc23)c1. The molecule has 0 fully saturated rings. The van der Waals surface area contributed by atoms with Gasteiger partial charge in [0.2, 0.25) is 0 Å². The van der Waals surface area contributed by atoms with Gasteiger partial charge in [-0.05, 0) is 51.7 Å². The number of benzene rings is 4. The number of halogens is 3. The van der Waals surface area contributed by atoms with E-state index in [1.54, 1.807) is 24.7 Å². The highest BCUT2D eigenvalue weighted by Gasteiger charge is 2.31. The molecule has 1 heterocycles. The fourth-order valence-electron chi connectivity index (χ4n) is 4.72. The van der Waals surface area contributed by atoms with Gasteiger partial charge in [0.05, 0.1) is 23.7 Å². The number of hydrogen-bond donors (Lipinski definition) is 0. The van der Waals surface area contributed by atoms with Crippen molar-refractivity contribution in [1.29, 1.82) is 5.26 Å². The Morgan fingerprint density at radius 1 is 0.872 bits per heavy atom. The van der Waals surface area contributed by atoms with Crippen LogP contribution in [0.2, 0.25) is 0 Å². The summed E-state index contributed by atoms with van der Waals surface area (Å²) in [5, 5.41) is 12.0. The maximum Gasteiger partial charge on any atom is 0.573 e. The first-order valence-corrected chi connectivity index (χ1v) is 12.3. The number of aryl methyl sites for hydroxylation is 1. The second-order valence-electron chi connectivity index (χ2n) is 9.35. The largest absolute Gasteiger partial charge is 0.573 e. The van der Waals surface area contributed by atoms with E-state index < -0.39 is 6.36 Å². The van der Waals surface area contributed by atoms with Crippen LogP contribution in [0.3, 0.4) is 0 Å². The van der Waals surface area contributed by atoms with Crippen molar-refractivity contribution in [1.82, 2.24) is 14.5 Å². The first kappa shape index (κ1) is 26.0. The molecule has 0 saturated heterocycles. The Hall–Kier alpha value is -4.61. The van der Waals surface area contributed by atoms with Gasteiger partial charge in [-0.3, -0.25) is 4.90 Å². The van der Waals surface area contributed by atoms with E-state index in [0.717, 1.165) is 38.7 Å². The zero-order valence-electron chi connectivity index (χ0n) is 21.2. The maximum atomic E-state index is 12.6. The van der Waals surface area contributed by atoms with Gasteiger partial charge < -0.3 is 9.30 Å². The van der Waals surface area contributed by atoms with Crippen molar-refractivity contribution in [3.05, 3.63) is 120 Å². The Labute approximate surface area is 224 Å². The lowest BCUT2D eigenvalue weighted by Gasteiger charge is -2.23. The number of fused-ring (bicyclic) bond motifs is 1.